The standard InChI is InChI=1S/C21H33NO7/c1-12(2)14-6-5-7-15(13(3)4)20(14)29-21(26)22-8-9-27-18-10-16(24)19(25)17(11-23)28-18/h5-7,12-13,16-19,23-25H,8-11H2,1-4H3,(H,22,26)/t16?,17?,18?,19-/m0/s1. The monoisotopic (exact) mass is 411 g/mol. The van der Waals surface area contributed by atoms with Crippen molar-refractivity contribution in [3.63, 3.8) is 0 Å². The lowest BCUT2D eigenvalue weighted by Gasteiger charge is -2.36. The average molecular weight is 411 g/mol. The number of hydrogen-bond acceptors (Lipinski definition) is 7. The lowest BCUT2D eigenvalue weighted by atomic mass is 9.94. The number of amides is 1. The predicted octanol–water partition coefficient (Wildman–Crippen LogP) is 1.87. The van der Waals surface area contributed by atoms with E-state index in [1.54, 1.807) is 0 Å². The second kappa shape index (κ2) is 10.9. The maximum absolute atomic E-state index is 12.3. The molecule has 1 saturated heterocycles. The van der Waals surface area contributed by atoms with Gasteiger partial charge in [0.25, 0.3) is 0 Å². The van der Waals surface area contributed by atoms with Gasteiger partial charge < -0.3 is 34.8 Å². The van der Waals surface area contributed by atoms with Crippen LogP contribution in [0.1, 0.15) is 57.1 Å². The maximum atomic E-state index is 12.3. The molecule has 8 nitrogen and oxygen atoms in total. The summed E-state index contributed by atoms with van der Waals surface area (Å²) in [4.78, 5) is 12.3. The molecule has 1 fully saturated rings. The molecule has 1 aromatic carbocycles. The van der Waals surface area contributed by atoms with Crippen molar-refractivity contribution in [2.24, 2.45) is 0 Å². The third kappa shape index (κ3) is 6.38. The fraction of sp³-hybridized carbons (Fsp3) is 0.667. The molecule has 164 valence electrons. The molecule has 1 aliphatic heterocycles. The van der Waals surface area contributed by atoms with Crippen LogP contribution in [0.25, 0.3) is 0 Å². The molecule has 0 saturated carbocycles. The van der Waals surface area contributed by atoms with Crippen molar-refractivity contribution >= 4 is 6.09 Å². The normalized spacial score (nSPS) is 24.7. The Hall–Kier alpha value is -1.71. The van der Waals surface area contributed by atoms with Crippen molar-refractivity contribution in [3.05, 3.63) is 29.3 Å². The van der Waals surface area contributed by atoms with Crippen LogP contribution in [0.2, 0.25) is 0 Å². The Bertz CT molecular complexity index is 638. The molecule has 4 atom stereocenters. The summed E-state index contributed by atoms with van der Waals surface area (Å²) in [5.74, 6) is 1.02. The first-order valence-electron chi connectivity index (χ1n) is 10.1. The van der Waals surface area contributed by atoms with Gasteiger partial charge in [0.2, 0.25) is 0 Å². The number of aliphatic hydroxyl groups excluding tert-OH is 3. The maximum Gasteiger partial charge on any atom is 0.412 e. The quantitative estimate of drug-likeness (QED) is 0.482. The highest BCUT2D eigenvalue weighted by atomic mass is 16.7. The topological polar surface area (TPSA) is 117 Å². The predicted molar refractivity (Wildman–Crippen MR) is 107 cm³/mol. The molecule has 0 bridgehead atoms. The first-order chi connectivity index (χ1) is 13.7. The van der Waals surface area contributed by atoms with E-state index in [-0.39, 0.29) is 31.4 Å². The van der Waals surface area contributed by atoms with Gasteiger partial charge in [-0.1, -0.05) is 45.9 Å². The largest absolute Gasteiger partial charge is 0.412 e. The molecule has 2 rings (SSSR count). The molecule has 8 heteroatoms. The van der Waals surface area contributed by atoms with Gasteiger partial charge in [0.15, 0.2) is 6.29 Å². The molecular weight excluding hydrogens is 378 g/mol. The van der Waals surface area contributed by atoms with Crippen LogP contribution in [0.4, 0.5) is 4.79 Å². The van der Waals surface area contributed by atoms with Crippen LogP contribution in [0.5, 0.6) is 5.75 Å². The van der Waals surface area contributed by atoms with Crippen LogP contribution in [-0.4, -0.2) is 65.8 Å². The SMILES string of the molecule is CC(C)c1cccc(C(C)C)c1OC(=O)NCCOC1CC(O)[C@H](O)C(CO)O1. The smallest absolute Gasteiger partial charge is 0.410 e. The first kappa shape index (κ1) is 23.6. The number of para-hydroxylation sites is 1. The molecule has 29 heavy (non-hydrogen) atoms. The van der Waals surface area contributed by atoms with Crippen LogP contribution >= 0.6 is 0 Å². The lowest BCUT2D eigenvalue weighted by Crippen LogP contribution is -2.50. The molecule has 1 aromatic rings. The van der Waals surface area contributed by atoms with Gasteiger partial charge >= 0.3 is 6.09 Å². The van der Waals surface area contributed by atoms with Crippen molar-refractivity contribution in [3.8, 4) is 5.75 Å². The molecular formula is C21H33NO7. The molecule has 1 heterocycles. The minimum Gasteiger partial charge on any atom is -0.410 e. The summed E-state index contributed by atoms with van der Waals surface area (Å²) in [5.41, 5.74) is 1.95. The number of nitrogens with one attached hydrogen (secondary N) is 1. The molecule has 1 amide bonds. The number of hydrogen-bond donors (Lipinski definition) is 4. The number of carbonyl (C=O) groups excluding carboxylic acids is 1. The third-order valence-electron chi connectivity index (χ3n) is 4.91. The summed E-state index contributed by atoms with van der Waals surface area (Å²) in [6, 6.07) is 5.89. The summed E-state index contributed by atoms with van der Waals surface area (Å²) in [6.45, 7) is 8.09. The van der Waals surface area contributed by atoms with Gasteiger partial charge in [-0.15, -0.1) is 0 Å². The molecule has 4 N–H and O–H groups in total. The number of ether oxygens (including phenoxy) is 3. The number of rotatable bonds is 8. The van der Waals surface area contributed by atoms with E-state index in [0.29, 0.717) is 5.75 Å². The molecule has 1 aliphatic rings. The van der Waals surface area contributed by atoms with Gasteiger partial charge in [0.1, 0.15) is 18.0 Å². The van der Waals surface area contributed by atoms with Gasteiger partial charge in [-0.2, -0.15) is 0 Å². The van der Waals surface area contributed by atoms with Crippen LogP contribution in [0.15, 0.2) is 18.2 Å². The minimum atomic E-state index is -1.15. The average Bonchev–Trinajstić information content (AvgIpc) is 2.67. The Morgan fingerprint density at radius 3 is 2.38 bits per heavy atom. The van der Waals surface area contributed by atoms with Crippen LogP contribution < -0.4 is 10.1 Å². The van der Waals surface area contributed by atoms with Crippen molar-refractivity contribution in [1.29, 1.82) is 0 Å². The fourth-order valence-electron chi connectivity index (χ4n) is 3.25. The highest BCUT2D eigenvalue weighted by molar-refractivity contribution is 5.71. The Labute approximate surface area is 171 Å². The van der Waals surface area contributed by atoms with E-state index in [2.05, 4.69) is 5.32 Å². The van der Waals surface area contributed by atoms with Gasteiger partial charge in [-0.05, 0) is 23.0 Å². The second-order valence-electron chi connectivity index (χ2n) is 7.84. The van der Waals surface area contributed by atoms with E-state index in [4.69, 9.17) is 14.2 Å². The molecule has 3 unspecified atom stereocenters. The number of aliphatic hydroxyl groups is 3. The number of benzene rings is 1. The summed E-state index contributed by atoms with van der Waals surface area (Å²) in [6.07, 6.45) is -4.34. The van der Waals surface area contributed by atoms with Crippen LogP contribution in [0.3, 0.4) is 0 Å². The van der Waals surface area contributed by atoms with Gasteiger partial charge in [0.05, 0.1) is 19.3 Å². The van der Waals surface area contributed by atoms with E-state index >= 15 is 0 Å². The van der Waals surface area contributed by atoms with E-state index in [1.165, 1.54) is 0 Å². The van der Waals surface area contributed by atoms with E-state index in [1.807, 2.05) is 45.9 Å². The molecule has 0 aromatic heterocycles. The molecule has 0 aliphatic carbocycles. The lowest BCUT2D eigenvalue weighted by molar-refractivity contribution is -0.256. The zero-order valence-electron chi connectivity index (χ0n) is 17.5. The second-order valence-corrected chi connectivity index (χ2v) is 7.84. The summed E-state index contributed by atoms with van der Waals surface area (Å²) < 4.78 is 16.5. The van der Waals surface area contributed by atoms with Crippen LogP contribution in [-0.2, 0) is 9.47 Å². The highest BCUT2D eigenvalue weighted by Gasteiger charge is 2.36. The Kier molecular flexibility index (Phi) is 8.85. The zero-order valence-corrected chi connectivity index (χ0v) is 17.5. The van der Waals surface area contributed by atoms with Crippen LogP contribution in [0, 0.1) is 0 Å². The summed E-state index contributed by atoms with van der Waals surface area (Å²) >= 11 is 0. The highest BCUT2D eigenvalue weighted by Crippen LogP contribution is 2.34. The Balaban J connectivity index is 1.85. The summed E-state index contributed by atoms with van der Waals surface area (Å²) in [5, 5.41) is 31.3. The summed E-state index contributed by atoms with van der Waals surface area (Å²) in [7, 11) is 0. The first-order valence-corrected chi connectivity index (χ1v) is 10.1. The zero-order chi connectivity index (χ0) is 21.6. The van der Waals surface area contributed by atoms with Crippen molar-refractivity contribution in [2.75, 3.05) is 19.8 Å². The Morgan fingerprint density at radius 1 is 1.21 bits per heavy atom. The van der Waals surface area contributed by atoms with Gasteiger partial charge in [-0.3, -0.25) is 0 Å². The van der Waals surface area contributed by atoms with E-state index in [9.17, 15) is 20.1 Å². The van der Waals surface area contributed by atoms with Gasteiger partial charge in [0, 0.05) is 13.0 Å². The Morgan fingerprint density at radius 2 is 1.83 bits per heavy atom. The third-order valence-corrected chi connectivity index (χ3v) is 4.91. The fourth-order valence-corrected chi connectivity index (χ4v) is 3.25. The van der Waals surface area contributed by atoms with E-state index in [0.717, 1.165) is 11.1 Å². The molecule has 0 radical (unpaired) electrons. The van der Waals surface area contributed by atoms with Gasteiger partial charge in [-0.25, -0.2) is 4.79 Å². The molecule has 0 spiro atoms. The van der Waals surface area contributed by atoms with E-state index < -0.39 is 37.3 Å². The number of carbonyl (C=O) groups is 1. The van der Waals surface area contributed by atoms with Crippen molar-refractivity contribution < 1.29 is 34.3 Å². The minimum absolute atomic E-state index is 0.0849. The van der Waals surface area contributed by atoms with Crippen molar-refractivity contribution in [2.45, 2.75) is 70.6 Å². The van der Waals surface area contributed by atoms with Crippen molar-refractivity contribution in [1.82, 2.24) is 5.32 Å².